The fraction of sp³-hybridized carbons (Fsp3) is 0.227. The molecule has 7 nitrogen and oxygen atoms in total. The van der Waals surface area contributed by atoms with E-state index in [0.29, 0.717) is 30.1 Å². The molecule has 2 amide bonds. The predicted molar refractivity (Wildman–Crippen MR) is 119 cm³/mol. The summed E-state index contributed by atoms with van der Waals surface area (Å²) in [5, 5.41) is 7.01. The number of halogens is 1. The van der Waals surface area contributed by atoms with Crippen molar-refractivity contribution in [1.82, 2.24) is 14.7 Å². The van der Waals surface area contributed by atoms with Crippen molar-refractivity contribution in [2.45, 2.75) is 20.1 Å². The second kappa shape index (κ2) is 9.58. The lowest BCUT2D eigenvalue weighted by Gasteiger charge is -2.14. The van der Waals surface area contributed by atoms with E-state index >= 15 is 0 Å². The van der Waals surface area contributed by atoms with Crippen molar-refractivity contribution < 1.29 is 14.3 Å². The first kappa shape index (κ1) is 21.6. The molecule has 156 valence electrons. The van der Waals surface area contributed by atoms with Crippen molar-refractivity contribution in [3.8, 4) is 5.75 Å². The third kappa shape index (κ3) is 5.07. The first-order valence-electron chi connectivity index (χ1n) is 9.45. The molecule has 0 atom stereocenters. The molecule has 0 saturated carbocycles. The maximum absolute atomic E-state index is 12.8. The number of amides is 2. The van der Waals surface area contributed by atoms with Crippen molar-refractivity contribution in [2.24, 2.45) is 0 Å². The molecule has 0 spiro atoms. The third-order valence-electron chi connectivity index (χ3n) is 4.39. The number of benzene rings is 2. The van der Waals surface area contributed by atoms with Crippen molar-refractivity contribution in [3.05, 3.63) is 76.0 Å². The average Bonchev–Trinajstić information content (AvgIpc) is 3.14. The summed E-state index contributed by atoms with van der Waals surface area (Å²) in [6.45, 7) is 2.74. The number of aryl methyl sites for hydroxylation is 1. The molecule has 0 fully saturated rings. The van der Waals surface area contributed by atoms with Crippen LogP contribution in [0.5, 0.6) is 5.75 Å². The van der Waals surface area contributed by atoms with E-state index in [4.69, 9.17) is 4.74 Å². The minimum Gasteiger partial charge on any atom is -0.489 e. The number of rotatable bonds is 7. The molecule has 1 heterocycles. The highest BCUT2D eigenvalue weighted by Crippen LogP contribution is 2.20. The molecule has 0 saturated heterocycles. The lowest BCUT2D eigenvalue weighted by atomic mass is 10.1. The number of ether oxygens (including phenoxy) is 1. The molecule has 3 rings (SSSR count). The van der Waals surface area contributed by atoms with Gasteiger partial charge in [-0.25, -0.2) is 0 Å². The summed E-state index contributed by atoms with van der Waals surface area (Å²) in [4.78, 5) is 26.8. The van der Waals surface area contributed by atoms with Crippen LogP contribution in [-0.4, -0.2) is 40.6 Å². The van der Waals surface area contributed by atoms with Crippen LogP contribution in [0.3, 0.4) is 0 Å². The van der Waals surface area contributed by atoms with Crippen LogP contribution in [0.2, 0.25) is 0 Å². The smallest absolute Gasteiger partial charge is 0.273 e. The molecule has 0 radical (unpaired) electrons. The molecular formula is C22H23BrN4O3. The Morgan fingerprint density at radius 3 is 2.63 bits per heavy atom. The Morgan fingerprint density at radius 1 is 1.17 bits per heavy atom. The van der Waals surface area contributed by atoms with Crippen LogP contribution in [0.1, 0.15) is 33.3 Å². The van der Waals surface area contributed by atoms with E-state index in [1.165, 1.54) is 11.1 Å². The van der Waals surface area contributed by atoms with Gasteiger partial charge in [0.15, 0.2) is 0 Å². The molecule has 0 unspecified atom stereocenters. The predicted octanol–water partition coefficient (Wildman–Crippen LogP) is 4.20. The number of nitrogens with one attached hydrogen (secondary N) is 1. The summed E-state index contributed by atoms with van der Waals surface area (Å²) in [5.74, 6) is 0.196. The standard InChI is InChI=1S/C22H23BrN4O3/c1-4-27-20(22(29)26(2)3)19(13-24-27)25-21(28)16-8-5-7-15(11-16)14-30-18-10-6-9-17(23)12-18/h5-13H,4,14H2,1-3H3,(H,25,28). The van der Waals surface area contributed by atoms with Gasteiger partial charge in [0.1, 0.15) is 18.1 Å². The van der Waals surface area contributed by atoms with E-state index in [2.05, 4.69) is 26.3 Å². The molecule has 0 aliphatic carbocycles. The quantitative estimate of drug-likeness (QED) is 0.561. The zero-order valence-corrected chi connectivity index (χ0v) is 18.6. The summed E-state index contributed by atoms with van der Waals surface area (Å²) in [5.41, 5.74) is 2.07. The van der Waals surface area contributed by atoms with Gasteiger partial charge in [0.25, 0.3) is 11.8 Å². The Hall–Kier alpha value is -3.13. The van der Waals surface area contributed by atoms with E-state index in [9.17, 15) is 9.59 Å². The van der Waals surface area contributed by atoms with Crippen LogP contribution >= 0.6 is 15.9 Å². The number of hydrogen-bond donors (Lipinski definition) is 1. The number of carbonyl (C=O) groups is 2. The molecule has 0 aliphatic heterocycles. The fourth-order valence-corrected chi connectivity index (χ4v) is 3.25. The number of nitrogens with zero attached hydrogens (tertiary/aromatic N) is 3. The second-order valence-corrected chi connectivity index (χ2v) is 7.74. The first-order chi connectivity index (χ1) is 14.4. The van der Waals surface area contributed by atoms with E-state index in [-0.39, 0.29) is 11.8 Å². The van der Waals surface area contributed by atoms with Gasteiger partial charge in [0, 0.05) is 30.7 Å². The van der Waals surface area contributed by atoms with E-state index in [1.54, 1.807) is 37.0 Å². The highest BCUT2D eigenvalue weighted by molar-refractivity contribution is 9.10. The maximum atomic E-state index is 12.8. The zero-order valence-electron chi connectivity index (χ0n) is 17.1. The van der Waals surface area contributed by atoms with Crippen LogP contribution < -0.4 is 10.1 Å². The average molecular weight is 471 g/mol. The van der Waals surface area contributed by atoms with E-state index in [1.807, 2.05) is 37.3 Å². The summed E-state index contributed by atoms with van der Waals surface area (Å²) in [7, 11) is 3.32. The van der Waals surface area contributed by atoms with E-state index in [0.717, 1.165) is 15.8 Å². The molecule has 0 bridgehead atoms. The Kier molecular flexibility index (Phi) is 6.89. The van der Waals surface area contributed by atoms with Crippen molar-refractivity contribution in [3.63, 3.8) is 0 Å². The fourth-order valence-electron chi connectivity index (χ4n) is 2.87. The Balaban J connectivity index is 1.74. The molecule has 0 aliphatic rings. The van der Waals surface area contributed by atoms with Gasteiger partial charge in [0.05, 0.1) is 11.9 Å². The molecule has 30 heavy (non-hydrogen) atoms. The van der Waals surface area contributed by atoms with Gasteiger partial charge >= 0.3 is 0 Å². The van der Waals surface area contributed by atoms with Crippen LogP contribution in [-0.2, 0) is 13.2 Å². The number of aromatic nitrogens is 2. The Morgan fingerprint density at radius 2 is 1.93 bits per heavy atom. The lowest BCUT2D eigenvalue weighted by Crippen LogP contribution is -2.26. The van der Waals surface area contributed by atoms with Gasteiger partial charge in [-0.15, -0.1) is 0 Å². The molecule has 2 aromatic carbocycles. The van der Waals surface area contributed by atoms with Crippen LogP contribution in [0, 0.1) is 0 Å². The van der Waals surface area contributed by atoms with Gasteiger partial charge in [-0.1, -0.05) is 34.1 Å². The molecular weight excluding hydrogens is 448 g/mol. The summed E-state index contributed by atoms with van der Waals surface area (Å²) >= 11 is 3.42. The van der Waals surface area contributed by atoms with Gasteiger partial charge < -0.3 is 15.0 Å². The summed E-state index contributed by atoms with van der Waals surface area (Å²) in [6.07, 6.45) is 1.50. The van der Waals surface area contributed by atoms with Crippen LogP contribution in [0.15, 0.2) is 59.2 Å². The topological polar surface area (TPSA) is 76.5 Å². The molecule has 1 N–H and O–H groups in total. The zero-order chi connectivity index (χ0) is 21.7. The maximum Gasteiger partial charge on any atom is 0.273 e. The van der Waals surface area contributed by atoms with Crippen molar-refractivity contribution in [2.75, 3.05) is 19.4 Å². The lowest BCUT2D eigenvalue weighted by molar-refractivity contribution is 0.0816. The normalized spacial score (nSPS) is 10.5. The highest BCUT2D eigenvalue weighted by Gasteiger charge is 2.21. The molecule has 3 aromatic rings. The molecule has 8 heteroatoms. The monoisotopic (exact) mass is 470 g/mol. The number of anilines is 1. The largest absolute Gasteiger partial charge is 0.489 e. The SMILES string of the molecule is CCn1ncc(NC(=O)c2cccc(COc3cccc(Br)c3)c2)c1C(=O)N(C)C. The van der Waals surface area contributed by atoms with Crippen molar-refractivity contribution in [1.29, 1.82) is 0 Å². The van der Waals surface area contributed by atoms with Gasteiger partial charge in [-0.3, -0.25) is 14.3 Å². The van der Waals surface area contributed by atoms with Gasteiger partial charge in [-0.05, 0) is 42.8 Å². The second-order valence-electron chi connectivity index (χ2n) is 6.82. The first-order valence-corrected chi connectivity index (χ1v) is 10.2. The minimum absolute atomic E-state index is 0.221. The van der Waals surface area contributed by atoms with Gasteiger partial charge in [0.2, 0.25) is 0 Å². The van der Waals surface area contributed by atoms with Crippen LogP contribution in [0.25, 0.3) is 0 Å². The van der Waals surface area contributed by atoms with Gasteiger partial charge in [-0.2, -0.15) is 5.10 Å². The highest BCUT2D eigenvalue weighted by atomic mass is 79.9. The van der Waals surface area contributed by atoms with Crippen LogP contribution in [0.4, 0.5) is 5.69 Å². The Labute approximate surface area is 183 Å². The number of carbonyl (C=O) groups excluding carboxylic acids is 2. The third-order valence-corrected chi connectivity index (χ3v) is 4.88. The summed E-state index contributed by atoms with van der Waals surface area (Å²) in [6, 6.07) is 14.8. The van der Waals surface area contributed by atoms with Crippen molar-refractivity contribution >= 4 is 33.4 Å². The summed E-state index contributed by atoms with van der Waals surface area (Å²) < 4.78 is 8.30. The Bertz CT molecular complexity index is 1060. The van der Waals surface area contributed by atoms with E-state index < -0.39 is 0 Å². The number of hydrogen-bond acceptors (Lipinski definition) is 4. The molecule has 1 aromatic heterocycles. The minimum atomic E-state index is -0.317.